The fraction of sp³-hybridized carbons (Fsp3) is 0.216. The quantitative estimate of drug-likeness (QED) is 0.00734. The van der Waals surface area contributed by atoms with E-state index < -0.39 is 32.8 Å². The van der Waals surface area contributed by atoms with Gasteiger partial charge in [0.25, 0.3) is 10.1 Å². The van der Waals surface area contributed by atoms with Crippen LogP contribution in [0.4, 0.5) is 50.7 Å². The highest BCUT2D eigenvalue weighted by Gasteiger charge is 2.20. The molecule has 23 heteroatoms. The number of hydrogen-bond acceptors (Lipinski definition) is 19. The number of nitrogens with zero attached hydrogens (tertiary/aromatic N) is 10. The predicted molar refractivity (Wildman–Crippen MR) is 220 cm³/mol. The number of aryl methyl sites for hydroxylation is 1. The van der Waals surface area contributed by atoms with Crippen molar-refractivity contribution in [3.8, 4) is 11.8 Å². The van der Waals surface area contributed by atoms with E-state index in [4.69, 9.17) is 0 Å². The maximum absolute atomic E-state index is 14.7. The van der Waals surface area contributed by atoms with Crippen molar-refractivity contribution in [2.75, 3.05) is 60.0 Å². The number of aliphatic hydroxyl groups is 1. The van der Waals surface area contributed by atoms with Crippen LogP contribution in [0.1, 0.15) is 39.0 Å². The van der Waals surface area contributed by atoms with Gasteiger partial charge in [-0.25, -0.2) is 4.98 Å². The van der Waals surface area contributed by atoms with Gasteiger partial charge in [0.05, 0.1) is 28.4 Å². The van der Waals surface area contributed by atoms with Crippen LogP contribution in [0.25, 0.3) is 0 Å². The van der Waals surface area contributed by atoms with Gasteiger partial charge in [-0.2, -0.15) is 48.4 Å². The number of benzene rings is 3. The molecule has 310 valence electrons. The number of phenols is 1. The molecule has 0 radical (unpaired) electrons. The summed E-state index contributed by atoms with van der Waals surface area (Å²) >= 11 is 0. The number of carbonyl (C=O) groups excluding carboxylic acids is 1. The monoisotopic (exact) mass is 839 g/mol. The van der Waals surface area contributed by atoms with E-state index in [0.29, 0.717) is 41.9 Å². The summed E-state index contributed by atoms with van der Waals surface area (Å²) in [5.74, 6) is -0.749. The second-order valence-corrected chi connectivity index (χ2v) is 13.9. The molecule has 0 bridgehead atoms. The number of azo groups is 2. The second-order valence-electron chi connectivity index (χ2n) is 12.4. The average molecular weight is 840 g/mol. The maximum atomic E-state index is 14.7. The van der Waals surface area contributed by atoms with Crippen molar-refractivity contribution in [1.29, 1.82) is 5.26 Å². The summed E-state index contributed by atoms with van der Waals surface area (Å²) in [7, 11) is -3.41. The minimum atomic E-state index is -4.88. The average Bonchev–Trinajstić information content (AvgIpc) is 3.22. The van der Waals surface area contributed by atoms with E-state index >= 15 is 0 Å². The van der Waals surface area contributed by atoms with Crippen molar-refractivity contribution in [2.24, 2.45) is 25.6 Å². The van der Waals surface area contributed by atoms with Crippen LogP contribution in [0, 0.1) is 31.3 Å². The Labute approximate surface area is 342 Å². The van der Waals surface area contributed by atoms with Crippen molar-refractivity contribution in [3.05, 3.63) is 94.6 Å². The van der Waals surface area contributed by atoms with Gasteiger partial charge in [0.2, 0.25) is 17.7 Å². The van der Waals surface area contributed by atoms with Gasteiger partial charge < -0.3 is 31.5 Å². The summed E-state index contributed by atoms with van der Waals surface area (Å²) in [5, 5.41) is 62.1. The number of phenolic OH excluding ortho intramolecular Hbond substituents is 1. The summed E-state index contributed by atoms with van der Waals surface area (Å²) in [6.07, 6.45) is -0.195. The molecule has 0 aliphatic heterocycles. The normalized spacial score (nSPS) is 11.7. The molecule has 0 unspecified atom stereocenters. The number of aldehydes is 1. The van der Waals surface area contributed by atoms with Crippen molar-refractivity contribution in [1.82, 2.24) is 19.9 Å². The number of pyridine rings is 1. The number of amidine groups is 1. The highest BCUT2D eigenvalue weighted by atomic mass is 32.2. The summed E-state index contributed by atoms with van der Waals surface area (Å²) < 4.78 is 49.2. The number of nitriles is 1. The molecule has 0 spiro atoms. The van der Waals surface area contributed by atoms with Gasteiger partial charge >= 0.3 is 6.08 Å². The zero-order valence-corrected chi connectivity index (χ0v) is 33.0. The minimum absolute atomic E-state index is 0.0411. The number of hydrogen-bond donors (Lipinski definition) is 8. The zero-order valence-electron chi connectivity index (χ0n) is 32.2. The number of carbonyl (C=O) groups is 1. The first-order chi connectivity index (χ1) is 28.8. The van der Waals surface area contributed by atoms with Crippen molar-refractivity contribution < 1.29 is 32.4 Å². The van der Waals surface area contributed by atoms with Gasteiger partial charge in [-0.1, -0.05) is 36.4 Å². The standard InChI is InChI=1S/C37H38FN15O6S/c1-21-10-11-24(20-55)27(16-21)49-52-32(23-8-5-4-6-9-23)53-50-29-18-25(60(57,58)59)17-28(31(29)56)44-37-47-35(38)46-36(48-37)43-13-7-12-41-34-30(51-40-3)22(2)26(19-39)33(45-34)42-14-15-54/h4-6,8-11,16-18,20,50,54,56H,7,12-15H2,1-3H3,(H2,41,42,45)(H,57,58,59)(H2,43,44,46,47,48)/b51-40?,52-49?,53-32-. The van der Waals surface area contributed by atoms with E-state index in [9.17, 15) is 37.6 Å². The molecule has 2 heterocycles. The molecule has 0 saturated heterocycles. The Morgan fingerprint density at radius 1 is 0.917 bits per heavy atom. The van der Waals surface area contributed by atoms with Crippen LogP contribution in [0.15, 0.2) is 91.1 Å². The van der Waals surface area contributed by atoms with Crippen LogP contribution in [0.2, 0.25) is 0 Å². The number of aromatic nitrogens is 4. The molecule has 0 aliphatic carbocycles. The lowest BCUT2D eigenvalue weighted by molar-refractivity contribution is 0.112. The Kier molecular flexibility index (Phi) is 14.7. The molecule has 0 amide bonds. The molecule has 5 aromatic rings. The van der Waals surface area contributed by atoms with E-state index in [-0.39, 0.29) is 65.5 Å². The largest absolute Gasteiger partial charge is 0.504 e. The lowest BCUT2D eigenvalue weighted by Gasteiger charge is -2.15. The first kappa shape index (κ1) is 43.6. The summed E-state index contributed by atoms with van der Waals surface area (Å²) in [6.45, 7) is 4.00. The molecular formula is C37H38FN15O6S. The van der Waals surface area contributed by atoms with Crippen molar-refractivity contribution in [2.45, 2.75) is 25.2 Å². The van der Waals surface area contributed by atoms with Crippen LogP contribution in [-0.4, -0.2) is 88.5 Å². The molecule has 5 rings (SSSR count). The molecule has 60 heavy (non-hydrogen) atoms. The minimum Gasteiger partial charge on any atom is -0.504 e. The van der Waals surface area contributed by atoms with Crippen LogP contribution >= 0.6 is 0 Å². The lowest BCUT2D eigenvalue weighted by Crippen LogP contribution is -2.15. The Balaban J connectivity index is 1.35. The summed E-state index contributed by atoms with van der Waals surface area (Å²) in [4.78, 5) is 26.7. The number of nitrogens with one attached hydrogen (secondary N) is 5. The van der Waals surface area contributed by atoms with Gasteiger partial charge in [0.15, 0.2) is 17.9 Å². The third kappa shape index (κ3) is 11.3. The van der Waals surface area contributed by atoms with Gasteiger partial charge in [-0.3, -0.25) is 14.8 Å². The van der Waals surface area contributed by atoms with E-state index in [1.54, 1.807) is 55.5 Å². The first-order valence-electron chi connectivity index (χ1n) is 17.8. The van der Waals surface area contributed by atoms with E-state index in [2.05, 4.69) is 78.3 Å². The smallest absolute Gasteiger partial charge is 0.315 e. The van der Waals surface area contributed by atoms with Crippen LogP contribution < -0.4 is 26.7 Å². The van der Waals surface area contributed by atoms with Gasteiger partial charge in [-0.05, 0) is 50.1 Å². The third-order valence-corrected chi connectivity index (χ3v) is 9.01. The number of aromatic hydroxyl groups is 1. The van der Waals surface area contributed by atoms with Crippen LogP contribution in [0.3, 0.4) is 0 Å². The van der Waals surface area contributed by atoms with E-state index in [1.807, 2.05) is 6.92 Å². The fourth-order valence-corrected chi connectivity index (χ4v) is 5.84. The highest BCUT2D eigenvalue weighted by molar-refractivity contribution is 7.85. The SMILES string of the molecule is CN=Nc1c(NCCCNc2nc(F)nc(Nc3cc(S(=O)(=O)O)cc(N/N=C(\N=Nc4cc(C)ccc4C=O)c4ccccc4)c3O)n2)nc(NCCO)c(C#N)c1C. The first-order valence-corrected chi connectivity index (χ1v) is 19.3. The van der Waals surface area contributed by atoms with Crippen molar-refractivity contribution >= 4 is 68.5 Å². The van der Waals surface area contributed by atoms with Crippen molar-refractivity contribution in [3.63, 3.8) is 0 Å². The molecule has 0 atom stereocenters. The number of hydrazone groups is 1. The third-order valence-electron chi connectivity index (χ3n) is 8.18. The predicted octanol–water partition coefficient (Wildman–Crippen LogP) is 5.99. The maximum Gasteiger partial charge on any atom is 0.315 e. The highest BCUT2D eigenvalue weighted by Crippen LogP contribution is 2.37. The number of anilines is 6. The van der Waals surface area contributed by atoms with Gasteiger partial charge in [0.1, 0.15) is 23.3 Å². The fourth-order valence-electron chi connectivity index (χ4n) is 5.30. The van der Waals surface area contributed by atoms with Gasteiger partial charge in [0, 0.05) is 43.4 Å². The summed E-state index contributed by atoms with van der Waals surface area (Å²) in [6, 6.07) is 17.3. The molecule has 8 N–H and O–H groups in total. The number of aliphatic hydroxyl groups excluding tert-OH is 1. The summed E-state index contributed by atoms with van der Waals surface area (Å²) in [5.41, 5.74) is 4.76. The number of rotatable bonds is 18. The van der Waals surface area contributed by atoms with E-state index in [1.165, 1.54) is 7.05 Å². The topological polar surface area (TPSA) is 309 Å². The van der Waals surface area contributed by atoms with Crippen LogP contribution in [0.5, 0.6) is 5.75 Å². The molecule has 3 aromatic carbocycles. The Morgan fingerprint density at radius 2 is 1.63 bits per heavy atom. The van der Waals surface area contributed by atoms with Gasteiger partial charge in [-0.15, -0.1) is 10.2 Å². The molecule has 0 saturated carbocycles. The Hall–Kier alpha value is -7.55. The number of halogens is 1. The Bertz CT molecular complexity index is 2610. The molecule has 0 fully saturated rings. The Morgan fingerprint density at radius 3 is 2.33 bits per heavy atom. The molecule has 0 aliphatic rings. The zero-order chi connectivity index (χ0) is 43.2. The molecular weight excluding hydrogens is 802 g/mol. The van der Waals surface area contributed by atoms with E-state index in [0.717, 1.165) is 17.7 Å². The van der Waals surface area contributed by atoms with Crippen LogP contribution in [-0.2, 0) is 10.1 Å². The lowest BCUT2D eigenvalue weighted by atomic mass is 10.1. The molecule has 21 nitrogen and oxygen atoms in total. The molecule has 2 aromatic heterocycles. The second kappa shape index (κ2) is 20.2.